The van der Waals surface area contributed by atoms with Crippen molar-refractivity contribution in [1.82, 2.24) is 4.90 Å². The van der Waals surface area contributed by atoms with Crippen molar-refractivity contribution < 1.29 is 18.9 Å². The van der Waals surface area contributed by atoms with Crippen molar-refractivity contribution in [3.05, 3.63) is 35.4 Å². The summed E-state index contributed by atoms with van der Waals surface area (Å²) in [5, 5.41) is 7.97. The second-order valence-corrected chi connectivity index (χ2v) is 7.32. The summed E-state index contributed by atoms with van der Waals surface area (Å²) in [6.45, 7) is 3.00. The molecular weight excluding hydrogens is 302 g/mol. The maximum atomic E-state index is 12.4. The number of likely N-dealkylation sites (tertiary alicyclic amines) is 1. The molecule has 1 aromatic rings. The molecule has 1 aliphatic rings. The summed E-state index contributed by atoms with van der Waals surface area (Å²) in [6.07, 6.45) is 3.23. The number of hydrogen-bond acceptors (Lipinski definition) is 3. The SMILES string of the molecule is C[C@@H](C(=O)O)[S@](=O)Cc1cccc(C(=O)N2CCCCC2)c1. The maximum Gasteiger partial charge on any atom is 0.318 e. The lowest BCUT2D eigenvalue weighted by atomic mass is 10.1. The van der Waals surface area contributed by atoms with E-state index in [1.165, 1.54) is 6.92 Å². The molecule has 0 unspecified atom stereocenters. The molecule has 1 aromatic carbocycles. The van der Waals surface area contributed by atoms with Crippen LogP contribution in [0.4, 0.5) is 0 Å². The summed E-state index contributed by atoms with van der Waals surface area (Å²) in [5.41, 5.74) is 1.31. The molecule has 1 amide bonds. The van der Waals surface area contributed by atoms with E-state index in [2.05, 4.69) is 0 Å². The summed E-state index contributed by atoms with van der Waals surface area (Å²) in [6, 6.07) is 7.02. The summed E-state index contributed by atoms with van der Waals surface area (Å²) in [7, 11) is -1.50. The molecule has 1 fully saturated rings. The Labute approximate surface area is 132 Å². The van der Waals surface area contributed by atoms with E-state index in [0.717, 1.165) is 37.9 Å². The lowest BCUT2D eigenvalue weighted by Crippen LogP contribution is -2.35. The van der Waals surface area contributed by atoms with E-state index in [9.17, 15) is 13.8 Å². The fourth-order valence-corrected chi connectivity index (χ4v) is 3.46. The molecule has 6 heteroatoms. The average molecular weight is 323 g/mol. The second kappa shape index (κ2) is 7.54. The number of nitrogens with zero attached hydrogens (tertiary/aromatic N) is 1. The van der Waals surface area contributed by atoms with Crippen molar-refractivity contribution in [3.63, 3.8) is 0 Å². The van der Waals surface area contributed by atoms with Crippen molar-refractivity contribution in [3.8, 4) is 0 Å². The number of rotatable bonds is 5. The molecule has 22 heavy (non-hydrogen) atoms. The Morgan fingerprint density at radius 2 is 1.95 bits per heavy atom. The molecule has 1 heterocycles. The molecule has 1 saturated heterocycles. The Hall–Kier alpha value is -1.69. The van der Waals surface area contributed by atoms with Gasteiger partial charge in [-0.15, -0.1) is 0 Å². The van der Waals surface area contributed by atoms with Crippen LogP contribution in [0.1, 0.15) is 42.1 Å². The van der Waals surface area contributed by atoms with Gasteiger partial charge in [0.1, 0.15) is 5.25 Å². The average Bonchev–Trinajstić information content (AvgIpc) is 2.54. The molecule has 120 valence electrons. The van der Waals surface area contributed by atoms with E-state index < -0.39 is 22.0 Å². The highest BCUT2D eigenvalue weighted by Crippen LogP contribution is 2.15. The molecule has 2 atom stereocenters. The minimum atomic E-state index is -1.50. The lowest BCUT2D eigenvalue weighted by molar-refractivity contribution is -0.136. The Kier molecular flexibility index (Phi) is 5.71. The number of hydrogen-bond donors (Lipinski definition) is 1. The summed E-state index contributed by atoms with van der Waals surface area (Å²) >= 11 is 0. The van der Waals surface area contributed by atoms with E-state index in [4.69, 9.17) is 5.11 Å². The zero-order chi connectivity index (χ0) is 16.1. The lowest BCUT2D eigenvalue weighted by Gasteiger charge is -2.26. The number of carbonyl (C=O) groups is 2. The van der Waals surface area contributed by atoms with Crippen LogP contribution in [0, 0.1) is 0 Å². The van der Waals surface area contributed by atoms with Crippen LogP contribution in [0.2, 0.25) is 0 Å². The third kappa shape index (κ3) is 4.16. The highest BCUT2D eigenvalue weighted by atomic mass is 32.2. The van der Waals surface area contributed by atoms with Crippen molar-refractivity contribution in [2.75, 3.05) is 13.1 Å². The smallest absolute Gasteiger partial charge is 0.318 e. The van der Waals surface area contributed by atoms with Gasteiger partial charge in [-0.25, -0.2) is 0 Å². The van der Waals surface area contributed by atoms with E-state index in [1.54, 1.807) is 24.3 Å². The number of amides is 1. The molecule has 0 bridgehead atoms. The third-order valence-electron chi connectivity index (χ3n) is 3.87. The Balaban J connectivity index is 2.07. The molecule has 0 aliphatic carbocycles. The van der Waals surface area contributed by atoms with Crippen molar-refractivity contribution in [2.45, 2.75) is 37.2 Å². The first-order valence-electron chi connectivity index (χ1n) is 7.47. The van der Waals surface area contributed by atoms with Crippen molar-refractivity contribution in [1.29, 1.82) is 0 Å². The largest absolute Gasteiger partial charge is 0.480 e. The first-order chi connectivity index (χ1) is 10.5. The van der Waals surface area contributed by atoms with Gasteiger partial charge in [0.25, 0.3) is 5.91 Å². The first kappa shape index (κ1) is 16.7. The molecule has 0 saturated carbocycles. The Morgan fingerprint density at radius 1 is 1.27 bits per heavy atom. The van der Waals surface area contributed by atoms with E-state index in [-0.39, 0.29) is 11.7 Å². The highest BCUT2D eigenvalue weighted by molar-refractivity contribution is 7.85. The van der Waals surface area contributed by atoms with Gasteiger partial charge in [-0.3, -0.25) is 13.8 Å². The summed E-state index contributed by atoms with van der Waals surface area (Å²) in [5.74, 6) is -0.924. The highest BCUT2D eigenvalue weighted by Gasteiger charge is 2.21. The Morgan fingerprint density at radius 3 is 2.59 bits per heavy atom. The predicted molar refractivity (Wildman–Crippen MR) is 85.1 cm³/mol. The number of piperidine rings is 1. The van der Waals surface area contributed by atoms with E-state index in [0.29, 0.717) is 5.56 Å². The van der Waals surface area contributed by atoms with Gasteiger partial charge in [0.05, 0.1) is 0 Å². The topological polar surface area (TPSA) is 74.7 Å². The Bertz CT molecular complexity index is 581. The molecule has 0 radical (unpaired) electrons. The van der Waals surface area contributed by atoms with E-state index >= 15 is 0 Å². The minimum absolute atomic E-state index is 0.00128. The number of benzene rings is 1. The molecular formula is C16H21NO4S. The van der Waals surface area contributed by atoms with Crippen LogP contribution >= 0.6 is 0 Å². The zero-order valence-corrected chi connectivity index (χ0v) is 13.5. The van der Waals surface area contributed by atoms with Crippen LogP contribution in [0.3, 0.4) is 0 Å². The van der Waals surface area contributed by atoms with Gasteiger partial charge in [0.15, 0.2) is 0 Å². The van der Waals surface area contributed by atoms with Gasteiger partial charge >= 0.3 is 5.97 Å². The van der Waals surface area contributed by atoms with Crippen LogP contribution in [-0.2, 0) is 21.3 Å². The van der Waals surface area contributed by atoms with Gasteiger partial charge < -0.3 is 10.0 Å². The van der Waals surface area contributed by atoms with Crippen LogP contribution < -0.4 is 0 Å². The minimum Gasteiger partial charge on any atom is -0.480 e. The molecule has 5 nitrogen and oxygen atoms in total. The summed E-state index contributed by atoms with van der Waals surface area (Å²) in [4.78, 5) is 25.1. The number of carboxylic acids is 1. The number of carbonyl (C=O) groups excluding carboxylic acids is 1. The molecule has 0 aromatic heterocycles. The third-order valence-corrected chi connectivity index (χ3v) is 5.48. The van der Waals surface area contributed by atoms with E-state index in [1.807, 2.05) is 4.90 Å². The van der Waals surface area contributed by atoms with Crippen LogP contribution in [0.5, 0.6) is 0 Å². The fraction of sp³-hybridized carbons (Fsp3) is 0.500. The van der Waals surface area contributed by atoms with Crippen LogP contribution in [-0.4, -0.2) is 44.4 Å². The van der Waals surface area contributed by atoms with Crippen molar-refractivity contribution >= 4 is 22.7 Å². The first-order valence-corrected chi connectivity index (χ1v) is 8.85. The van der Waals surface area contributed by atoms with Crippen LogP contribution in [0.25, 0.3) is 0 Å². The zero-order valence-electron chi connectivity index (χ0n) is 12.7. The van der Waals surface area contributed by atoms with Gasteiger partial charge in [0, 0.05) is 35.2 Å². The number of carboxylic acid groups (broad SMARTS) is 1. The molecule has 1 aliphatic heterocycles. The van der Waals surface area contributed by atoms with Gasteiger partial charge in [-0.2, -0.15) is 0 Å². The molecule has 2 rings (SSSR count). The quantitative estimate of drug-likeness (QED) is 0.900. The van der Waals surface area contributed by atoms with Gasteiger partial charge in [-0.05, 0) is 43.9 Å². The van der Waals surface area contributed by atoms with Crippen LogP contribution in [0.15, 0.2) is 24.3 Å². The predicted octanol–water partition coefficient (Wildman–Crippen LogP) is 2.03. The second-order valence-electron chi connectivity index (χ2n) is 5.56. The normalized spacial score (nSPS) is 17.8. The monoisotopic (exact) mass is 323 g/mol. The standard InChI is InChI=1S/C16H21NO4S/c1-12(16(19)20)22(21)11-13-6-5-7-14(10-13)15(18)17-8-3-2-4-9-17/h5-7,10,12H,2-4,8-9,11H2,1H3,(H,19,20)/t12-,22+/m0/s1. The molecule has 0 spiro atoms. The maximum absolute atomic E-state index is 12.4. The number of aliphatic carboxylic acids is 1. The fourth-order valence-electron chi connectivity index (χ4n) is 2.48. The van der Waals surface area contributed by atoms with Crippen molar-refractivity contribution in [2.24, 2.45) is 0 Å². The van der Waals surface area contributed by atoms with Gasteiger partial charge in [-0.1, -0.05) is 12.1 Å². The molecule has 1 N–H and O–H groups in total. The van der Waals surface area contributed by atoms with Gasteiger partial charge in [0.2, 0.25) is 0 Å². The summed E-state index contributed by atoms with van der Waals surface area (Å²) < 4.78 is 12.0.